The first-order valence-electron chi connectivity index (χ1n) is 10.1. The number of fused-ring (bicyclic) bond motifs is 3. The van der Waals surface area contributed by atoms with Gasteiger partial charge < -0.3 is 26.0 Å². The summed E-state index contributed by atoms with van der Waals surface area (Å²) >= 11 is 0. The van der Waals surface area contributed by atoms with E-state index in [9.17, 15) is 25.4 Å². The van der Waals surface area contributed by atoms with Gasteiger partial charge in [-0.15, -0.1) is 0 Å². The molecule has 150 valence electrons. The number of piperidine rings is 1. The molecule has 0 aromatic carbocycles. The molecule has 27 heavy (non-hydrogen) atoms. The van der Waals surface area contributed by atoms with Crippen molar-refractivity contribution in [2.24, 2.45) is 34.8 Å². The molecule has 0 aromatic heterocycles. The summed E-state index contributed by atoms with van der Waals surface area (Å²) in [5, 5.41) is 41.3. The van der Waals surface area contributed by atoms with Crippen LogP contribution in [0.25, 0.3) is 0 Å². The molecule has 1 heterocycles. The van der Waals surface area contributed by atoms with E-state index in [1.165, 1.54) is 4.90 Å². The Morgan fingerprint density at radius 3 is 2.52 bits per heavy atom. The van der Waals surface area contributed by atoms with Crippen LogP contribution in [0.3, 0.4) is 0 Å². The van der Waals surface area contributed by atoms with E-state index in [1.54, 1.807) is 0 Å². The van der Waals surface area contributed by atoms with Gasteiger partial charge in [0.15, 0.2) is 6.04 Å². The Bertz CT molecular complexity index is 702. The zero-order valence-electron chi connectivity index (χ0n) is 16.3. The van der Waals surface area contributed by atoms with Crippen LogP contribution >= 0.6 is 0 Å². The van der Waals surface area contributed by atoms with Crippen molar-refractivity contribution in [3.05, 3.63) is 0 Å². The number of carbonyl (C=O) groups excluding carboxylic acids is 1. The molecule has 1 amide bonds. The molecule has 0 spiro atoms. The summed E-state index contributed by atoms with van der Waals surface area (Å²) in [6.45, 7) is 5.97. The zero-order chi connectivity index (χ0) is 19.9. The minimum absolute atomic E-state index is 0.0654. The smallest absolute Gasteiger partial charge is 0.241 e. The van der Waals surface area contributed by atoms with Gasteiger partial charge in [-0.2, -0.15) is 5.26 Å². The molecule has 4 aliphatic rings. The summed E-state index contributed by atoms with van der Waals surface area (Å²) in [5.74, 6) is -2.35. The highest BCUT2D eigenvalue weighted by Crippen LogP contribution is 2.58. The molecule has 4 fully saturated rings. The topological polar surface area (TPSA) is 131 Å². The molecule has 0 radical (unpaired) electrons. The second-order valence-corrected chi connectivity index (χ2v) is 10.3. The first-order valence-corrected chi connectivity index (χ1v) is 10.1. The third-order valence-corrected chi connectivity index (χ3v) is 7.84. The van der Waals surface area contributed by atoms with Crippen molar-refractivity contribution >= 4 is 5.91 Å². The number of likely N-dealkylation sites (tertiary alicyclic amines) is 1. The average molecular weight is 377 g/mol. The lowest BCUT2D eigenvalue weighted by molar-refractivity contribution is -0.193. The van der Waals surface area contributed by atoms with Crippen molar-refractivity contribution in [1.29, 1.82) is 5.26 Å². The monoisotopic (exact) mass is 377 g/mol. The zero-order valence-corrected chi connectivity index (χ0v) is 16.3. The predicted molar refractivity (Wildman–Crippen MR) is 96.6 cm³/mol. The van der Waals surface area contributed by atoms with Gasteiger partial charge in [0.25, 0.3) is 0 Å². The minimum atomic E-state index is -2.19. The summed E-state index contributed by atoms with van der Waals surface area (Å²) in [7, 11) is 0. The first kappa shape index (κ1) is 19.1. The normalized spacial score (nSPS) is 51.3. The lowest BCUT2D eigenvalue weighted by atomic mass is 9.55. The molecule has 9 atom stereocenters. The van der Waals surface area contributed by atoms with Gasteiger partial charge in [-0.3, -0.25) is 4.79 Å². The molecule has 4 rings (SSSR count). The van der Waals surface area contributed by atoms with Gasteiger partial charge in [0.1, 0.15) is 0 Å². The van der Waals surface area contributed by atoms with Gasteiger partial charge in [0.2, 0.25) is 11.7 Å². The van der Waals surface area contributed by atoms with Crippen LogP contribution in [0, 0.1) is 40.4 Å². The van der Waals surface area contributed by atoms with Crippen LogP contribution in [0.15, 0.2) is 0 Å². The van der Waals surface area contributed by atoms with E-state index in [-0.39, 0.29) is 12.0 Å². The molecule has 2 bridgehead atoms. The van der Waals surface area contributed by atoms with Crippen molar-refractivity contribution in [3.8, 4) is 6.07 Å². The lowest BCUT2D eigenvalue weighted by Gasteiger charge is -2.53. The van der Waals surface area contributed by atoms with Crippen molar-refractivity contribution < 1.29 is 20.1 Å². The Kier molecular flexibility index (Phi) is 4.01. The standard InChI is InChI=1S/C20H31N3O4/c1-10-4-12-6-18(3,9-19(25,5-10)7-12)16(22)17(24)23-13(8-21)20(26,27)14-11(2)15(14)23/h10-16,25-27H,4-7,9,22H2,1-3H3. The fourth-order valence-electron chi connectivity index (χ4n) is 6.98. The molecule has 0 aromatic rings. The molecule has 7 heteroatoms. The summed E-state index contributed by atoms with van der Waals surface area (Å²) < 4.78 is 0. The number of carbonyl (C=O) groups is 1. The Hall–Kier alpha value is -1.20. The van der Waals surface area contributed by atoms with Crippen LogP contribution in [0.1, 0.15) is 52.9 Å². The summed E-state index contributed by atoms with van der Waals surface area (Å²) in [5.41, 5.74) is 5.10. The third-order valence-electron chi connectivity index (χ3n) is 7.84. The molecule has 1 aliphatic heterocycles. The second kappa shape index (κ2) is 5.66. The Morgan fingerprint density at radius 1 is 1.26 bits per heavy atom. The predicted octanol–water partition coefficient (Wildman–Crippen LogP) is 0.331. The van der Waals surface area contributed by atoms with Gasteiger partial charge in [-0.05, 0) is 55.3 Å². The lowest BCUT2D eigenvalue weighted by Crippen LogP contribution is -2.61. The summed E-state index contributed by atoms with van der Waals surface area (Å²) in [6, 6.07) is -0.630. The van der Waals surface area contributed by atoms with E-state index in [2.05, 4.69) is 6.92 Å². The van der Waals surface area contributed by atoms with Crippen LogP contribution in [-0.4, -0.2) is 55.6 Å². The minimum Gasteiger partial charge on any atom is -0.390 e. The second-order valence-electron chi connectivity index (χ2n) is 10.3. The van der Waals surface area contributed by atoms with Crippen molar-refractivity contribution in [3.63, 3.8) is 0 Å². The van der Waals surface area contributed by atoms with Gasteiger partial charge in [-0.1, -0.05) is 20.8 Å². The van der Waals surface area contributed by atoms with Crippen molar-refractivity contribution in [2.45, 2.75) is 82.4 Å². The Labute approximate surface area is 160 Å². The first-order chi connectivity index (χ1) is 12.4. The highest BCUT2D eigenvalue weighted by Gasteiger charge is 2.73. The molecule has 1 saturated heterocycles. The van der Waals surface area contributed by atoms with Crippen LogP contribution in [0.5, 0.6) is 0 Å². The van der Waals surface area contributed by atoms with E-state index >= 15 is 0 Å². The van der Waals surface area contributed by atoms with Crippen molar-refractivity contribution in [1.82, 2.24) is 4.90 Å². The molecule has 3 saturated carbocycles. The molecule has 5 N–H and O–H groups in total. The maximum absolute atomic E-state index is 13.3. The van der Waals surface area contributed by atoms with Crippen LogP contribution in [-0.2, 0) is 4.79 Å². The van der Waals surface area contributed by atoms with Crippen LogP contribution in [0.4, 0.5) is 0 Å². The quantitative estimate of drug-likeness (QED) is 0.513. The molecular weight excluding hydrogens is 346 g/mol. The van der Waals surface area contributed by atoms with Crippen LogP contribution in [0.2, 0.25) is 0 Å². The number of amides is 1. The van der Waals surface area contributed by atoms with Gasteiger partial charge in [0.05, 0.1) is 17.7 Å². The number of rotatable bonds is 2. The maximum atomic E-state index is 13.3. The number of nitriles is 1. The highest BCUT2D eigenvalue weighted by molar-refractivity contribution is 5.85. The molecule has 9 unspecified atom stereocenters. The molecular formula is C20H31N3O4. The number of hydrogen-bond donors (Lipinski definition) is 4. The summed E-state index contributed by atoms with van der Waals surface area (Å²) in [4.78, 5) is 14.6. The number of hydrogen-bond acceptors (Lipinski definition) is 6. The van der Waals surface area contributed by atoms with Crippen LogP contribution < -0.4 is 5.73 Å². The largest absolute Gasteiger partial charge is 0.390 e. The fourth-order valence-corrected chi connectivity index (χ4v) is 6.98. The van der Waals surface area contributed by atoms with E-state index in [1.807, 2.05) is 19.9 Å². The van der Waals surface area contributed by atoms with E-state index in [4.69, 9.17) is 5.73 Å². The van der Waals surface area contributed by atoms with Gasteiger partial charge in [-0.25, -0.2) is 0 Å². The number of nitrogens with two attached hydrogens (primary N) is 1. The number of aliphatic hydroxyl groups is 3. The van der Waals surface area contributed by atoms with E-state index < -0.39 is 40.7 Å². The highest BCUT2D eigenvalue weighted by atomic mass is 16.5. The Balaban J connectivity index is 1.59. The van der Waals surface area contributed by atoms with Gasteiger partial charge >= 0.3 is 0 Å². The Morgan fingerprint density at radius 2 is 1.93 bits per heavy atom. The van der Waals surface area contributed by atoms with E-state index in [0.29, 0.717) is 18.3 Å². The van der Waals surface area contributed by atoms with Gasteiger partial charge in [0, 0.05) is 12.0 Å². The molecule has 7 nitrogen and oxygen atoms in total. The van der Waals surface area contributed by atoms with E-state index in [0.717, 1.165) is 25.7 Å². The van der Waals surface area contributed by atoms with Crippen molar-refractivity contribution in [2.75, 3.05) is 0 Å². The maximum Gasteiger partial charge on any atom is 0.241 e. The SMILES string of the molecule is CC1CC2CC(O)(C1)CC(C)(C(N)C(=O)N1C3C(C)C3C(O)(O)C1C#N)C2. The fraction of sp³-hybridized carbons (Fsp3) is 0.900. The molecule has 3 aliphatic carbocycles. The average Bonchev–Trinajstić information content (AvgIpc) is 3.11. The number of nitrogens with zero attached hydrogens (tertiary/aromatic N) is 2. The summed E-state index contributed by atoms with van der Waals surface area (Å²) in [6.07, 6.45) is 3.75. The third kappa shape index (κ3) is 2.65.